The van der Waals surface area contributed by atoms with Crippen molar-refractivity contribution in [2.24, 2.45) is 0 Å². The Morgan fingerprint density at radius 3 is 0.844 bits per heavy atom. The summed E-state index contributed by atoms with van der Waals surface area (Å²) in [6.07, 6.45) is 0. The lowest BCUT2D eigenvalue weighted by atomic mass is 10.6. The maximum absolute atomic E-state index is 8.25. The van der Waals surface area contributed by atoms with E-state index in [9.17, 15) is 0 Å². The summed E-state index contributed by atoms with van der Waals surface area (Å²) in [5.74, 6) is 0. The highest BCUT2D eigenvalue weighted by Gasteiger charge is 2.50. The number of hydrogen-bond acceptors (Lipinski definition) is 8. The topological polar surface area (TPSA) is 62.7 Å². The first-order chi connectivity index (χ1) is 13.5. The van der Waals surface area contributed by atoms with Crippen LogP contribution in [0.1, 0.15) is 35.1 Å². The molecule has 0 atom stereocenters. The van der Waals surface area contributed by atoms with Gasteiger partial charge >= 0.3 is 0 Å². The van der Waals surface area contributed by atoms with Gasteiger partial charge in [0, 0.05) is 49.4 Å². The summed E-state index contributed by atoms with van der Waals surface area (Å²) >= 11 is 0. The van der Waals surface area contributed by atoms with E-state index in [4.69, 9.17) is 10.2 Å². The predicted molar refractivity (Wildman–Crippen MR) is 164 cm³/mol. The lowest BCUT2D eigenvalue weighted by Gasteiger charge is -2.44. The third-order valence-electron chi connectivity index (χ3n) is 4.73. The summed E-state index contributed by atoms with van der Waals surface area (Å²) < 4.78 is 14.1. The van der Waals surface area contributed by atoms with Gasteiger partial charge in [-0.3, -0.25) is 14.0 Å². The fraction of sp³-hybridized carbons (Fsp3) is 0.952. The van der Waals surface area contributed by atoms with Gasteiger partial charge in [-0.25, -0.2) is 0 Å². The Hall–Kier alpha value is 1.14. The number of hydrogen-bond donors (Lipinski definition) is 1. The highest BCUT2D eigenvalue weighted by molar-refractivity contribution is 14.0. The minimum absolute atomic E-state index is 0. The molecule has 0 aliphatic heterocycles. The summed E-state index contributed by atoms with van der Waals surface area (Å²) in [5, 5.41) is 16.7. The highest BCUT2D eigenvalue weighted by atomic mass is 127. The molecule has 0 rings (SSSR count). The van der Waals surface area contributed by atoms with Crippen LogP contribution in [0, 0.1) is 0 Å². The molecule has 204 valence electrons. The van der Waals surface area contributed by atoms with Crippen molar-refractivity contribution in [3.8, 4) is 0 Å². The largest absolute Gasteiger partial charge is 0.857 e. The lowest BCUT2D eigenvalue weighted by molar-refractivity contribution is -0.325. The molecule has 0 heterocycles. The van der Waals surface area contributed by atoms with Crippen molar-refractivity contribution in [1.82, 2.24) is 28.0 Å². The molecule has 8 nitrogen and oxygen atoms in total. The maximum atomic E-state index is 8.25. The van der Waals surface area contributed by atoms with Crippen molar-refractivity contribution in [1.29, 1.82) is 0 Å². The molecular formula is C21H61IN6O2P2. The Morgan fingerprint density at radius 2 is 0.844 bits per heavy atom. The molecular weight excluding hydrogens is 557 g/mol. The van der Waals surface area contributed by atoms with Crippen LogP contribution in [0.5, 0.6) is 0 Å². The van der Waals surface area contributed by atoms with E-state index in [0.29, 0.717) is 5.66 Å². The van der Waals surface area contributed by atoms with Gasteiger partial charge in [-0.05, 0) is 75.3 Å². The van der Waals surface area contributed by atoms with Crippen molar-refractivity contribution in [3.63, 3.8) is 0 Å². The number of nitrogens with zero attached hydrogens (tertiary/aromatic N) is 6. The van der Waals surface area contributed by atoms with Crippen LogP contribution in [-0.2, 0) is 0 Å². The minimum Gasteiger partial charge on any atom is -0.857 e. The zero-order chi connectivity index (χ0) is 25.6. The zero-order valence-corrected chi connectivity index (χ0v) is 28.0. The van der Waals surface area contributed by atoms with Crippen molar-refractivity contribution in [2.45, 2.75) is 40.8 Å². The monoisotopic (exact) mass is 618 g/mol. The van der Waals surface area contributed by atoms with Crippen LogP contribution >= 0.6 is 39.0 Å². The second-order valence-electron chi connectivity index (χ2n) is 8.31. The summed E-state index contributed by atoms with van der Waals surface area (Å²) in [6, 6.07) is 0. The molecule has 0 saturated carbocycles. The van der Waals surface area contributed by atoms with Crippen LogP contribution in [0.4, 0.5) is 0 Å². The summed E-state index contributed by atoms with van der Waals surface area (Å²) in [5.41, 5.74) is 0.660. The van der Waals surface area contributed by atoms with E-state index in [1.807, 2.05) is 0 Å². The molecule has 1 N–H and O–H groups in total. The molecule has 0 aromatic heterocycles. The third-order valence-corrected chi connectivity index (χ3v) is 14.2. The molecule has 0 aliphatic carbocycles. The fourth-order valence-corrected chi connectivity index (χ4v) is 14.2. The Morgan fingerprint density at radius 1 is 0.656 bits per heavy atom. The predicted octanol–water partition coefficient (Wildman–Crippen LogP) is 3.33. The van der Waals surface area contributed by atoms with Crippen molar-refractivity contribution >= 4 is 44.3 Å². The molecule has 0 aromatic carbocycles. The molecule has 0 bridgehead atoms. The van der Waals surface area contributed by atoms with Gasteiger partial charge in [0.05, 0.1) is 7.34 Å². The van der Waals surface area contributed by atoms with Gasteiger partial charge in [0.15, 0.2) is 0 Å². The van der Waals surface area contributed by atoms with Gasteiger partial charge in [-0.1, -0.05) is 7.43 Å². The van der Waals surface area contributed by atoms with Gasteiger partial charge in [-0.15, -0.1) is 24.0 Å². The van der Waals surface area contributed by atoms with Crippen LogP contribution in [0.15, 0.2) is 0 Å². The molecule has 32 heavy (non-hydrogen) atoms. The van der Waals surface area contributed by atoms with Gasteiger partial charge < -0.3 is 10.2 Å². The Kier molecular flexibility index (Phi) is 32.8. The number of aliphatic hydroxyl groups is 1. The summed E-state index contributed by atoms with van der Waals surface area (Å²) in [7, 11) is 25.1. The number of rotatable bonds is 7. The molecule has 11 heteroatoms. The SMILES string of the molecule is C.CC(C)=P(N(C)C)(N(C)C)N(C)C.CC(C)[P+](N(C)C)(N(C)C)N(C)C.CO.C[O-].I. The van der Waals surface area contributed by atoms with Crippen LogP contribution in [-0.4, -0.2) is 143 Å². The lowest BCUT2D eigenvalue weighted by Crippen LogP contribution is -2.40. The van der Waals surface area contributed by atoms with Crippen molar-refractivity contribution in [3.05, 3.63) is 0 Å². The third kappa shape index (κ3) is 11.7. The van der Waals surface area contributed by atoms with E-state index in [-0.39, 0.29) is 31.4 Å². The Balaban J connectivity index is -0.0000000864. The highest BCUT2D eigenvalue weighted by Crippen LogP contribution is 2.67. The molecule has 0 spiro atoms. The average Bonchev–Trinajstić information content (AvgIpc) is 2.57. The van der Waals surface area contributed by atoms with Crippen molar-refractivity contribution in [2.75, 3.05) is 98.8 Å². The van der Waals surface area contributed by atoms with Crippen LogP contribution in [0.3, 0.4) is 0 Å². The Labute approximate surface area is 221 Å². The average molecular weight is 619 g/mol. The number of halogens is 1. The zero-order valence-electron chi connectivity index (χ0n) is 23.9. The normalized spacial score (nSPS) is 11.3. The smallest absolute Gasteiger partial charge is 0.228 e. The molecule has 0 aliphatic rings. The summed E-state index contributed by atoms with van der Waals surface area (Å²) in [6.45, 7) is 9.03. The minimum atomic E-state index is -1.37. The summed E-state index contributed by atoms with van der Waals surface area (Å²) in [4.78, 5) is 0. The second kappa shape index (κ2) is 22.6. The molecule has 0 unspecified atom stereocenters. The molecule has 0 fully saturated rings. The molecule has 0 aromatic rings. The molecule has 0 radical (unpaired) electrons. The quantitative estimate of drug-likeness (QED) is 0.345. The van der Waals surface area contributed by atoms with Crippen molar-refractivity contribution < 1.29 is 10.2 Å². The molecule has 0 saturated heterocycles. The standard InChI is InChI=1S/C9H25N3P.C9H24N3P.CH4O.CH3O.CH4.HI/c2*1-9(2)13(10(3)4,11(5)6)12(7)8;2*1-2;;/h9H,1-8H3;1-8H3;2H,1H3;1H3;1H4;1H/q+1;;;-1;;. The van der Waals surface area contributed by atoms with Gasteiger partial charge in [0.2, 0.25) is 7.71 Å². The van der Waals surface area contributed by atoms with E-state index in [0.717, 1.165) is 14.2 Å². The van der Waals surface area contributed by atoms with E-state index < -0.39 is 15.1 Å². The first kappa shape index (κ1) is 46.5. The van der Waals surface area contributed by atoms with Crippen LogP contribution in [0.25, 0.3) is 0 Å². The van der Waals surface area contributed by atoms with Crippen LogP contribution in [0.2, 0.25) is 0 Å². The molecule has 0 amide bonds. The van der Waals surface area contributed by atoms with E-state index in [1.54, 1.807) is 0 Å². The van der Waals surface area contributed by atoms with E-state index in [1.165, 1.54) is 5.29 Å². The first-order valence-electron chi connectivity index (χ1n) is 10.1. The fourth-order valence-electron chi connectivity index (χ4n) is 4.73. The Bertz CT molecular complexity index is 405. The number of aliphatic hydroxyl groups excluding tert-OH is 1. The first-order valence-corrected chi connectivity index (χ1v) is 13.4. The second-order valence-corrected chi connectivity index (χ2v) is 17.4. The van der Waals surface area contributed by atoms with E-state index in [2.05, 4.69) is 140 Å². The van der Waals surface area contributed by atoms with Gasteiger partial charge in [0.1, 0.15) is 5.66 Å². The van der Waals surface area contributed by atoms with Gasteiger partial charge in [0.25, 0.3) is 0 Å². The van der Waals surface area contributed by atoms with Gasteiger partial charge in [-0.2, -0.15) is 21.1 Å². The maximum Gasteiger partial charge on any atom is 0.228 e. The van der Waals surface area contributed by atoms with Crippen LogP contribution < -0.4 is 5.11 Å². The van der Waals surface area contributed by atoms with E-state index >= 15 is 0 Å².